The van der Waals surface area contributed by atoms with Crippen LogP contribution in [0.4, 0.5) is 0 Å². The predicted octanol–water partition coefficient (Wildman–Crippen LogP) is 4.63. The van der Waals surface area contributed by atoms with Crippen LogP contribution in [-0.4, -0.2) is 17.1 Å². The van der Waals surface area contributed by atoms with Gasteiger partial charge in [0.1, 0.15) is 5.01 Å². The van der Waals surface area contributed by atoms with Gasteiger partial charge in [-0.2, -0.15) is 0 Å². The van der Waals surface area contributed by atoms with Gasteiger partial charge >= 0.3 is 0 Å². The Balaban J connectivity index is 2.23. The Morgan fingerprint density at radius 2 is 2.05 bits per heavy atom. The summed E-state index contributed by atoms with van der Waals surface area (Å²) < 4.78 is 5.33. The maximum Gasteiger partial charge on any atom is 0.124 e. The molecule has 0 atom stereocenters. The van der Waals surface area contributed by atoms with E-state index in [1.54, 1.807) is 18.4 Å². The number of rotatable bonds is 4. The van der Waals surface area contributed by atoms with Crippen LogP contribution < -0.4 is 0 Å². The number of methoxy groups -OCH3 is 1. The van der Waals surface area contributed by atoms with E-state index in [2.05, 4.69) is 30.3 Å². The van der Waals surface area contributed by atoms with Crippen molar-refractivity contribution in [1.82, 2.24) is 9.97 Å². The molecular formula is C17H18N2OS. The van der Waals surface area contributed by atoms with Crippen LogP contribution in [0.1, 0.15) is 31.0 Å². The van der Waals surface area contributed by atoms with E-state index in [1.165, 1.54) is 0 Å². The first kappa shape index (κ1) is 14.2. The smallest absolute Gasteiger partial charge is 0.124 e. The molecule has 0 unspecified atom stereocenters. The van der Waals surface area contributed by atoms with Gasteiger partial charge in [0.15, 0.2) is 0 Å². The molecule has 4 heteroatoms. The molecule has 2 heterocycles. The molecule has 108 valence electrons. The topological polar surface area (TPSA) is 35.0 Å². The fourth-order valence-corrected chi connectivity index (χ4v) is 3.44. The molecule has 0 aliphatic heterocycles. The van der Waals surface area contributed by atoms with Crippen molar-refractivity contribution < 1.29 is 4.74 Å². The van der Waals surface area contributed by atoms with Gasteiger partial charge in [0, 0.05) is 35.2 Å². The van der Waals surface area contributed by atoms with Crippen LogP contribution in [0.2, 0.25) is 0 Å². The zero-order valence-corrected chi connectivity index (χ0v) is 13.3. The summed E-state index contributed by atoms with van der Waals surface area (Å²) in [5.74, 6) is 0.439. The number of hydrogen-bond donors (Lipinski definition) is 0. The number of ether oxygens (including phenoxy) is 1. The highest BCUT2D eigenvalue weighted by Gasteiger charge is 2.15. The van der Waals surface area contributed by atoms with Crippen molar-refractivity contribution >= 4 is 22.2 Å². The van der Waals surface area contributed by atoms with Gasteiger partial charge in [-0.25, -0.2) is 4.98 Å². The summed E-state index contributed by atoms with van der Waals surface area (Å²) in [6.45, 7) is 4.88. The van der Waals surface area contributed by atoms with Crippen molar-refractivity contribution in [2.45, 2.75) is 26.4 Å². The Labute approximate surface area is 128 Å². The van der Waals surface area contributed by atoms with E-state index in [0.717, 1.165) is 32.7 Å². The largest absolute Gasteiger partial charge is 0.380 e. The highest BCUT2D eigenvalue weighted by molar-refractivity contribution is 7.13. The fourth-order valence-electron chi connectivity index (χ4n) is 2.37. The predicted molar refractivity (Wildman–Crippen MR) is 87.7 cm³/mol. The SMILES string of the molecule is COCc1cnc2ccccc2c1-c1nc(C(C)C)cs1. The quantitative estimate of drug-likeness (QED) is 0.704. The number of hydrogen-bond acceptors (Lipinski definition) is 4. The fraction of sp³-hybridized carbons (Fsp3) is 0.294. The molecule has 0 saturated heterocycles. The van der Waals surface area contributed by atoms with Crippen LogP contribution in [0.25, 0.3) is 21.5 Å². The lowest BCUT2D eigenvalue weighted by Gasteiger charge is -2.10. The highest BCUT2D eigenvalue weighted by Crippen LogP contribution is 2.34. The molecule has 0 amide bonds. The van der Waals surface area contributed by atoms with Crippen molar-refractivity contribution in [3.63, 3.8) is 0 Å². The molecule has 0 N–H and O–H groups in total. The molecule has 1 aromatic carbocycles. The molecule has 21 heavy (non-hydrogen) atoms. The normalized spacial score (nSPS) is 11.4. The first-order valence-electron chi connectivity index (χ1n) is 7.02. The van der Waals surface area contributed by atoms with Gasteiger partial charge in [-0.1, -0.05) is 32.0 Å². The average Bonchev–Trinajstić information content (AvgIpc) is 2.97. The molecule has 0 fully saturated rings. The minimum atomic E-state index is 0.439. The third-order valence-corrected chi connectivity index (χ3v) is 4.36. The lowest BCUT2D eigenvalue weighted by molar-refractivity contribution is 0.185. The summed E-state index contributed by atoms with van der Waals surface area (Å²) >= 11 is 1.69. The molecule has 0 bridgehead atoms. The first-order valence-corrected chi connectivity index (χ1v) is 7.90. The van der Waals surface area contributed by atoms with Gasteiger partial charge < -0.3 is 4.74 Å². The third-order valence-electron chi connectivity index (χ3n) is 3.48. The van der Waals surface area contributed by atoms with Gasteiger partial charge in [0.05, 0.1) is 17.8 Å². The van der Waals surface area contributed by atoms with Crippen LogP contribution in [0.3, 0.4) is 0 Å². The van der Waals surface area contributed by atoms with Crippen LogP contribution in [0.5, 0.6) is 0 Å². The molecular weight excluding hydrogens is 280 g/mol. The van der Waals surface area contributed by atoms with Crippen LogP contribution in [0.15, 0.2) is 35.8 Å². The molecule has 0 aliphatic rings. The molecule has 3 nitrogen and oxygen atoms in total. The van der Waals surface area contributed by atoms with E-state index in [1.807, 2.05) is 24.4 Å². The number of fused-ring (bicyclic) bond motifs is 1. The molecule has 3 rings (SSSR count). The van der Waals surface area contributed by atoms with E-state index in [0.29, 0.717) is 12.5 Å². The maximum absolute atomic E-state index is 5.33. The monoisotopic (exact) mass is 298 g/mol. The molecule has 0 spiro atoms. The zero-order chi connectivity index (χ0) is 14.8. The number of aromatic nitrogens is 2. The van der Waals surface area contributed by atoms with E-state index in [-0.39, 0.29) is 0 Å². The Hall–Kier alpha value is -1.78. The Bertz CT molecular complexity index is 764. The summed E-state index contributed by atoms with van der Waals surface area (Å²) in [5, 5.41) is 4.33. The first-order chi connectivity index (χ1) is 10.2. The molecule has 2 aromatic heterocycles. The van der Waals surface area contributed by atoms with Crippen molar-refractivity contribution in [3.05, 3.63) is 47.1 Å². The van der Waals surface area contributed by atoms with E-state index >= 15 is 0 Å². The van der Waals surface area contributed by atoms with Crippen molar-refractivity contribution in [3.8, 4) is 10.6 Å². The summed E-state index contributed by atoms with van der Waals surface area (Å²) in [6.07, 6.45) is 1.90. The minimum absolute atomic E-state index is 0.439. The maximum atomic E-state index is 5.33. The molecule has 0 radical (unpaired) electrons. The van der Waals surface area contributed by atoms with Gasteiger partial charge in [-0.05, 0) is 12.0 Å². The van der Waals surface area contributed by atoms with E-state index in [4.69, 9.17) is 9.72 Å². The van der Waals surface area contributed by atoms with Gasteiger partial charge in [-0.15, -0.1) is 11.3 Å². The van der Waals surface area contributed by atoms with Gasteiger partial charge in [0.2, 0.25) is 0 Å². The van der Waals surface area contributed by atoms with E-state index in [9.17, 15) is 0 Å². The standard InChI is InChI=1S/C17H18N2OS/c1-11(2)15-10-21-17(19-15)16-12(9-20-3)8-18-14-7-5-4-6-13(14)16/h4-8,10-11H,9H2,1-3H3. The summed E-state index contributed by atoms with van der Waals surface area (Å²) in [6, 6.07) is 8.19. The summed E-state index contributed by atoms with van der Waals surface area (Å²) in [4.78, 5) is 9.33. The van der Waals surface area contributed by atoms with Crippen LogP contribution >= 0.6 is 11.3 Å². The molecule has 0 saturated carbocycles. The van der Waals surface area contributed by atoms with Crippen molar-refractivity contribution in [1.29, 1.82) is 0 Å². The minimum Gasteiger partial charge on any atom is -0.380 e. The Kier molecular flexibility index (Phi) is 3.99. The average molecular weight is 298 g/mol. The zero-order valence-electron chi connectivity index (χ0n) is 12.5. The second kappa shape index (κ2) is 5.92. The number of para-hydroxylation sites is 1. The number of thiazole rings is 1. The summed E-state index contributed by atoms with van der Waals surface area (Å²) in [7, 11) is 1.71. The van der Waals surface area contributed by atoms with Crippen molar-refractivity contribution in [2.24, 2.45) is 0 Å². The number of pyridine rings is 1. The van der Waals surface area contributed by atoms with Crippen molar-refractivity contribution in [2.75, 3.05) is 7.11 Å². The third kappa shape index (κ3) is 2.69. The van der Waals surface area contributed by atoms with Gasteiger partial charge in [-0.3, -0.25) is 4.98 Å². The molecule has 3 aromatic rings. The Morgan fingerprint density at radius 1 is 1.24 bits per heavy atom. The lowest BCUT2D eigenvalue weighted by Crippen LogP contribution is -1.96. The number of benzene rings is 1. The Morgan fingerprint density at radius 3 is 2.76 bits per heavy atom. The summed E-state index contributed by atoms with van der Waals surface area (Å²) in [5.41, 5.74) is 4.37. The second-order valence-corrected chi connectivity index (χ2v) is 6.20. The molecule has 0 aliphatic carbocycles. The highest BCUT2D eigenvalue weighted by atomic mass is 32.1. The van der Waals surface area contributed by atoms with Crippen LogP contribution in [0, 0.1) is 0 Å². The van der Waals surface area contributed by atoms with Gasteiger partial charge in [0.25, 0.3) is 0 Å². The second-order valence-electron chi connectivity index (χ2n) is 5.34. The lowest BCUT2D eigenvalue weighted by atomic mass is 10.0. The van der Waals surface area contributed by atoms with E-state index < -0.39 is 0 Å². The van der Waals surface area contributed by atoms with Crippen LogP contribution in [-0.2, 0) is 11.3 Å². The number of nitrogens with zero attached hydrogens (tertiary/aromatic N) is 2.